The van der Waals surface area contributed by atoms with Crippen molar-refractivity contribution in [2.24, 2.45) is 11.8 Å². The van der Waals surface area contributed by atoms with Crippen LogP contribution in [-0.2, 0) is 9.59 Å². The molecule has 3 aliphatic rings. The highest BCUT2D eigenvalue weighted by Crippen LogP contribution is 2.52. The molecular formula is C22H18N2O3. The summed E-state index contributed by atoms with van der Waals surface area (Å²) in [6.07, 6.45) is 3.83. The smallest absolute Gasteiger partial charge is 0.235 e. The van der Waals surface area contributed by atoms with Crippen LogP contribution < -0.4 is 0 Å². The van der Waals surface area contributed by atoms with Crippen LogP contribution in [0.1, 0.15) is 27.5 Å². The van der Waals surface area contributed by atoms with E-state index in [1.807, 2.05) is 59.6 Å². The quantitative estimate of drug-likeness (QED) is 0.611. The molecule has 0 radical (unpaired) electrons. The van der Waals surface area contributed by atoms with Crippen LogP contribution in [0.2, 0.25) is 0 Å². The van der Waals surface area contributed by atoms with E-state index in [2.05, 4.69) is 0 Å². The second kappa shape index (κ2) is 5.64. The molecule has 5 rings (SSSR count). The fourth-order valence-electron chi connectivity index (χ4n) is 4.78. The molecule has 0 aromatic heterocycles. The van der Waals surface area contributed by atoms with E-state index in [1.165, 1.54) is 11.9 Å². The van der Waals surface area contributed by atoms with E-state index >= 15 is 0 Å². The molecule has 0 spiro atoms. The molecule has 2 amide bonds. The lowest BCUT2D eigenvalue weighted by atomic mass is 9.83. The van der Waals surface area contributed by atoms with Gasteiger partial charge in [0, 0.05) is 18.8 Å². The van der Waals surface area contributed by atoms with Crippen molar-refractivity contribution in [3.05, 3.63) is 77.5 Å². The number of hydrogen-bond acceptors (Lipinski definition) is 4. The monoisotopic (exact) mass is 358 g/mol. The second-order valence-corrected chi connectivity index (χ2v) is 7.30. The van der Waals surface area contributed by atoms with Gasteiger partial charge in [-0.25, -0.2) is 0 Å². The first-order chi connectivity index (χ1) is 13.1. The van der Waals surface area contributed by atoms with Gasteiger partial charge in [0.25, 0.3) is 0 Å². The number of carbonyl (C=O) groups excluding carboxylic acids is 3. The summed E-state index contributed by atoms with van der Waals surface area (Å²) in [4.78, 5) is 42.3. The standard InChI is InChI=1S/C22H18N2O3/c1-23-21(26)16-17(22(23)27)19(20(25)14-8-3-2-4-9-14)24-12-11-13-7-5-6-10-15(13)18(16)24/h2-12,16-19H,1H3/t16-,17-,18+,19+/m1/s1. The van der Waals surface area contributed by atoms with Crippen molar-refractivity contribution in [3.8, 4) is 0 Å². The predicted molar refractivity (Wildman–Crippen MR) is 99.4 cm³/mol. The number of amides is 2. The van der Waals surface area contributed by atoms with Crippen LogP contribution in [0.4, 0.5) is 0 Å². The number of carbonyl (C=O) groups is 3. The van der Waals surface area contributed by atoms with Crippen molar-refractivity contribution in [1.82, 2.24) is 9.80 Å². The highest BCUT2D eigenvalue weighted by atomic mass is 16.2. The Labute approximate surface area is 156 Å². The molecule has 5 heteroatoms. The summed E-state index contributed by atoms with van der Waals surface area (Å²) < 4.78 is 0. The maximum Gasteiger partial charge on any atom is 0.235 e. The van der Waals surface area contributed by atoms with E-state index in [1.54, 1.807) is 12.1 Å². The van der Waals surface area contributed by atoms with Gasteiger partial charge in [0.15, 0.2) is 5.78 Å². The first kappa shape index (κ1) is 16.0. The van der Waals surface area contributed by atoms with Gasteiger partial charge in [-0.3, -0.25) is 19.3 Å². The van der Waals surface area contributed by atoms with Gasteiger partial charge in [-0.05, 0) is 17.2 Å². The van der Waals surface area contributed by atoms with Crippen LogP contribution in [0.15, 0.2) is 60.8 Å². The van der Waals surface area contributed by atoms with Crippen LogP contribution in [0.25, 0.3) is 6.08 Å². The van der Waals surface area contributed by atoms with Crippen molar-refractivity contribution >= 4 is 23.7 Å². The number of imide groups is 1. The molecule has 0 N–H and O–H groups in total. The molecule has 5 nitrogen and oxygen atoms in total. The zero-order valence-electron chi connectivity index (χ0n) is 14.8. The minimum Gasteiger partial charge on any atom is -0.358 e. The topological polar surface area (TPSA) is 57.7 Å². The van der Waals surface area contributed by atoms with E-state index in [0.29, 0.717) is 5.56 Å². The molecule has 0 aliphatic carbocycles. The third-order valence-corrected chi connectivity index (χ3v) is 6.01. The number of benzene rings is 2. The average molecular weight is 358 g/mol. The van der Waals surface area contributed by atoms with Gasteiger partial charge in [0.2, 0.25) is 11.8 Å². The number of Topliss-reactive ketones (excluding diaryl/α,β-unsaturated/α-hetero) is 1. The van der Waals surface area contributed by atoms with E-state index < -0.39 is 17.9 Å². The fourth-order valence-corrected chi connectivity index (χ4v) is 4.78. The van der Waals surface area contributed by atoms with Gasteiger partial charge in [-0.2, -0.15) is 0 Å². The normalized spacial score (nSPS) is 28.2. The van der Waals surface area contributed by atoms with E-state index in [9.17, 15) is 14.4 Å². The van der Waals surface area contributed by atoms with E-state index in [4.69, 9.17) is 0 Å². The number of hydrogen-bond donors (Lipinski definition) is 0. The summed E-state index contributed by atoms with van der Waals surface area (Å²) in [6, 6.07) is 15.9. The Kier molecular flexibility index (Phi) is 3.34. The third kappa shape index (κ3) is 2.08. The van der Waals surface area contributed by atoms with Gasteiger partial charge >= 0.3 is 0 Å². The average Bonchev–Trinajstić information content (AvgIpc) is 3.17. The summed E-state index contributed by atoms with van der Waals surface area (Å²) >= 11 is 0. The number of ketones is 1. The van der Waals surface area contributed by atoms with Gasteiger partial charge < -0.3 is 4.90 Å². The molecule has 134 valence electrons. The first-order valence-electron chi connectivity index (χ1n) is 9.05. The SMILES string of the molecule is CN1C(=O)[C@@H]2[C@@H](C1=O)[C@@H]1c3ccccc3C=CN1[C@@H]2C(=O)c1ccccc1. The summed E-state index contributed by atoms with van der Waals surface area (Å²) in [5.41, 5.74) is 2.58. The number of rotatable bonds is 2. The van der Waals surface area contributed by atoms with Crippen LogP contribution in [-0.4, -0.2) is 40.5 Å². The molecule has 27 heavy (non-hydrogen) atoms. The summed E-state index contributed by atoms with van der Waals surface area (Å²) in [7, 11) is 1.52. The molecule has 3 heterocycles. The largest absolute Gasteiger partial charge is 0.358 e. The van der Waals surface area contributed by atoms with Crippen molar-refractivity contribution < 1.29 is 14.4 Å². The van der Waals surface area contributed by atoms with E-state index in [0.717, 1.165) is 11.1 Å². The number of nitrogens with zero attached hydrogens (tertiary/aromatic N) is 2. The van der Waals surface area contributed by atoms with Gasteiger partial charge in [-0.15, -0.1) is 0 Å². The molecule has 3 aliphatic heterocycles. The summed E-state index contributed by atoms with van der Waals surface area (Å²) in [6.45, 7) is 0. The zero-order chi connectivity index (χ0) is 18.7. The Hall–Kier alpha value is -3.21. The highest BCUT2D eigenvalue weighted by molar-refractivity contribution is 6.11. The van der Waals surface area contributed by atoms with Crippen LogP contribution in [0, 0.1) is 11.8 Å². The summed E-state index contributed by atoms with van der Waals surface area (Å²) in [5.74, 6) is -1.77. The Morgan fingerprint density at radius 3 is 2.33 bits per heavy atom. The van der Waals surface area contributed by atoms with Crippen LogP contribution in [0.5, 0.6) is 0 Å². The number of likely N-dealkylation sites (tertiary alicyclic amines) is 1. The van der Waals surface area contributed by atoms with Crippen molar-refractivity contribution in [1.29, 1.82) is 0 Å². The summed E-state index contributed by atoms with van der Waals surface area (Å²) in [5, 5.41) is 0. The van der Waals surface area contributed by atoms with E-state index in [-0.39, 0.29) is 23.6 Å². The minimum atomic E-state index is -0.673. The maximum absolute atomic E-state index is 13.4. The molecule has 2 fully saturated rings. The molecule has 0 bridgehead atoms. The van der Waals surface area contributed by atoms with Crippen molar-refractivity contribution in [2.45, 2.75) is 12.1 Å². The fraction of sp³-hybridized carbons (Fsp3) is 0.227. The van der Waals surface area contributed by atoms with Crippen LogP contribution in [0.3, 0.4) is 0 Å². The minimum absolute atomic E-state index is 0.117. The predicted octanol–water partition coefficient (Wildman–Crippen LogP) is 2.51. The maximum atomic E-state index is 13.4. The Balaban J connectivity index is 1.67. The van der Waals surface area contributed by atoms with Gasteiger partial charge in [0.05, 0.1) is 17.9 Å². The molecule has 4 atom stereocenters. The van der Waals surface area contributed by atoms with Gasteiger partial charge in [0.1, 0.15) is 6.04 Å². The Bertz CT molecular complexity index is 998. The van der Waals surface area contributed by atoms with Crippen molar-refractivity contribution in [3.63, 3.8) is 0 Å². The van der Waals surface area contributed by atoms with Gasteiger partial charge in [-0.1, -0.05) is 54.6 Å². The molecule has 2 saturated heterocycles. The highest BCUT2D eigenvalue weighted by Gasteiger charge is 2.63. The number of fused-ring (bicyclic) bond motifs is 5. The third-order valence-electron chi connectivity index (χ3n) is 6.01. The van der Waals surface area contributed by atoms with Crippen molar-refractivity contribution in [2.75, 3.05) is 7.05 Å². The second-order valence-electron chi connectivity index (χ2n) is 7.30. The lowest BCUT2D eigenvalue weighted by Gasteiger charge is -2.35. The molecule has 0 saturated carbocycles. The van der Waals surface area contributed by atoms with Crippen LogP contribution >= 0.6 is 0 Å². The molecule has 2 aromatic rings. The Morgan fingerprint density at radius 1 is 0.889 bits per heavy atom. The lowest BCUT2D eigenvalue weighted by molar-refractivity contribution is -0.139. The lowest BCUT2D eigenvalue weighted by Crippen LogP contribution is -2.43. The Morgan fingerprint density at radius 2 is 1.56 bits per heavy atom. The first-order valence-corrected chi connectivity index (χ1v) is 9.05. The zero-order valence-corrected chi connectivity index (χ0v) is 14.8. The molecule has 2 aromatic carbocycles. The molecule has 0 unspecified atom stereocenters. The molecular weight excluding hydrogens is 340 g/mol.